The van der Waals surface area contributed by atoms with E-state index in [1.807, 2.05) is 45.9 Å². The summed E-state index contributed by atoms with van der Waals surface area (Å²) < 4.78 is 0. The molecule has 0 spiro atoms. The largest absolute Gasteiger partial charge is 0.271 e. The van der Waals surface area contributed by atoms with Gasteiger partial charge in [0, 0.05) is 0 Å². The smallest absolute Gasteiger partial charge is 0.263 e. The molecule has 2 aliphatic rings. The van der Waals surface area contributed by atoms with Crippen molar-refractivity contribution in [3.8, 4) is 0 Å². The predicted molar refractivity (Wildman–Crippen MR) is 102 cm³/mol. The lowest BCUT2D eigenvalue weighted by Crippen LogP contribution is -2.39. The van der Waals surface area contributed by atoms with E-state index in [1.165, 1.54) is 4.90 Å². The number of hydrogen-bond acceptors (Lipinski definition) is 5. The molecule has 2 atom stereocenters. The van der Waals surface area contributed by atoms with Crippen molar-refractivity contribution in [3.05, 3.63) is 64.2 Å². The molecule has 1 saturated heterocycles. The monoisotopic (exact) mass is 362 g/mol. The lowest BCUT2D eigenvalue weighted by atomic mass is 10.0. The Kier molecular flexibility index (Phi) is 4.06. The Balaban J connectivity index is 1.63. The topological polar surface area (TPSA) is 65.3 Å². The van der Waals surface area contributed by atoms with E-state index >= 15 is 0 Å². The van der Waals surface area contributed by atoms with Crippen LogP contribution < -0.4 is 4.90 Å². The molecule has 2 heterocycles. The minimum Gasteiger partial charge on any atom is -0.271 e. The molecule has 0 N–H and O–H groups in total. The van der Waals surface area contributed by atoms with Gasteiger partial charge in [0.15, 0.2) is 12.1 Å². The lowest BCUT2D eigenvalue weighted by Gasteiger charge is -2.22. The summed E-state index contributed by atoms with van der Waals surface area (Å²) in [6, 6.07) is 10.4. The fourth-order valence-corrected chi connectivity index (χ4v) is 3.62. The molecule has 2 aromatic carbocycles. The van der Waals surface area contributed by atoms with Crippen molar-refractivity contribution < 1.29 is 9.59 Å². The molecule has 4 rings (SSSR count). The van der Waals surface area contributed by atoms with Crippen LogP contribution in [0.2, 0.25) is 0 Å². The van der Waals surface area contributed by atoms with E-state index in [4.69, 9.17) is 0 Å². The standard InChI is InChI=1S/C21H22N4O2/c1-12-5-6-14(3)16(9-12)11-24-19-18(22-23-24)20(26)25(21(19)27)17-8-7-13(2)15(4)10-17/h5-10,18-19H,11H2,1-4H3. The van der Waals surface area contributed by atoms with Crippen LogP contribution in [0.1, 0.15) is 27.8 Å². The third kappa shape index (κ3) is 2.81. The molecule has 0 radical (unpaired) electrons. The first-order valence-electron chi connectivity index (χ1n) is 9.05. The van der Waals surface area contributed by atoms with E-state index < -0.39 is 12.1 Å². The van der Waals surface area contributed by atoms with Crippen LogP contribution in [-0.2, 0) is 16.1 Å². The minimum absolute atomic E-state index is 0.261. The second kappa shape index (κ2) is 6.30. The first-order chi connectivity index (χ1) is 12.9. The molecular weight excluding hydrogens is 340 g/mol. The van der Waals surface area contributed by atoms with Crippen LogP contribution in [0.25, 0.3) is 0 Å². The molecule has 6 heteroatoms. The second-order valence-corrected chi connectivity index (χ2v) is 7.40. The maximum atomic E-state index is 13.1. The zero-order chi connectivity index (χ0) is 19.3. The number of imide groups is 1. The molecule has 0 saturated carbocycles. The van der Waals surface area contributed by atoms with Gasteiger partial charge in [0.25, 0.3) is 11.8 Å². The van der Waals surface area contributed by atoms with Crippen molar-refractivity contribution in [2.45, 2.75) is 46.3 Å². The molecule has 2 unspecified atom stereocenters. The van der Waals surface area contributed by atoms with Crippen LogP contribution in [0.15, 0.2) is 46.7 Å². The first kappa shape index (κ1) is 17.4. The Morgan fingerprint density at radius 1 is 0.889 bits per heavy atom. The van der Waals surface area contributed by atoms with Gasteiger partial charge in [0.2, 0.25) is 0 Å². The molecule has 138 valence electrons. The predicted octanol–water partition coefficient (Wildman–Crippen LogP) is 3.41. The third-order valence-electron chi connectivity index (χ3n) is 5.44. The molecule has 6 nitrogen and oxygen atoms in total. The number of hydrogen-bond donors (Lipinski definition) is 0. The second-order valence-electron chi connectivity index (χ2n) is 7.40. The number of aryl methyl sites for hydroxylation is 4. The van der Waals surface area contributed by atoms with Crippen molar-refractivity contribution in [3.63, 3.8) is 0 Å². The Hall–Kier alpha value is -3.02. The Bertz CT molecular complexity index is 982. The van der Waals surface area contributed by atoms with Gasteiger partial charge in [-0.25, -0.2) is 4.90 Å². The van der Waals surface area contributed by atoms with Gasteiger partial charge in [-0.1, -0.05) is 35.1 Å². The summed E-state index contributed by atoms with van der Waals surface area (Å²) in [6.45, 7) is 8.49. The van der Waals surface area contributed by atoms with Gasteiger partial charge in [-0.3, -0.25) is 14.6 Å². The number of carbonyl (C=O) groups is 2. The Morgan fingerprint density at radius 2 is 1.63 bits per heavy atom. The van der Waals surface area contributed by atoms with E-state index in [0.717, 1.165) is 27.8 Å². The molecule has 1 fully saturated rings. The summed E-state index contributed by atoms with van der Waals surface area (Å²) in [7, 11) is 0. The maximum Gasteiger partial charge on any atom is 0.263 e. The van der Waals surface area contributed by atoms with Gasteiger partial charge in [0.05, 0.1) is 12.2 Å². The van der Waals surface area contributed by atoms with E-state index in [0.29, 0.717) is 12.2 Å². The zero-order valence-electron chi connectivity index (χ0n) is 15.9. The summed E-state index contributed by atoms with van der Waals surface area (Å²) in [5, 5.41) is 9.90. The molecule has 0 aliphatic carbocycles. The van der Waals surface area contributed by atoms with Crippen LogP contribution in [0.5, 0.6) is 0 Å². The summed E-state index contributed by atoms with van der Waals surface area (Å²) in [5.41, 5.74) is 6.12. The van der Waals surface area contributed by atoms with Crippen LogP contribution in [0, 0.1) is 27.7 Å². The van der Waals surface area contributed by atoms with Gasteiger partial charge in [-0.2, -0.15) is 5.11 Å². The van der Waals surface area contributed by atoms with E-state index in [2.05, 4.69) is 28.5 Å². The number of anilines is 1. The highest BCUT2D eigenvalue weighted by Gasteiger charge is 2.54. The highest BCUT2D eigenvalue weighted by Crippen LogP contribution is 2.33. The Labute approximate surface area is 158 Å². The summed E-state index contributed by atoms with van der Waals surface area (Å²) in [6.07, 6.45) is 0. The molecule has 2 aromatic rings. The molecular formula is C21H22N4O2. The molecule has 0 bridgehead atoms. The first-order valence-corrected chi connectivity index (χ1v) is 9.05. The van der Waals surface area contributed by atoms with Gasteiger partial charge in [0.1, 0.15) is 0 Å². The van der Waals surface area contributed by atoms with Crippen molar-refractivity contribution >= 4 is 17.5 Å². The van der Waals surface area contributed by atoms with Crippen LogP contribution in [0.4, 0.5) is 5.69 Å². The molecule has 0 aromatic heterocycles. The highest BCUT2D eigenvalue weighted by molar-refractivity contribution is 6.25. The van der Waals surface area contributed by atoms with Gasteiger partial charge in [-0.15, -0.1) is 0 Å². The molecule has 2 amide bonds. The average molecular weight is 362 g/mol. The van der Waals surface area contributed by atoms with Crippen LogP contribution in [-0.4, -0.2) is 28.9 Å². The SMILES string of the molecule is Cc1ccc(C)c(CN2N=NC3C(=O)N(c4ccc(C)c(C)c4)C(=O)C32)c1. The number of carbonyl (C=O) groups excluding carboxylic acids is 2. The quantitative estimate of drug-likeness (QED) is 0.786. The van der Waals surface area contributed by atoms with E-state index in [-0.39, 0.29) is 11.8 Å². The van der Waals surface area contributed by atoms with E-state index in [9.17, 15) is 9.59 Å². The van der Waals surface area contributed by atoms with Gasteiger partial charge < -0.3 is 0 Å². The number of amides is 2. The number of fused-ring (bicyclic) bond motifs is 1. The lowest BCUT2D eigenvalue weighted by molar-refractivity contribution is -0.123. The summed E-state index contributed by atoms with van der Waals surface area (Å²) >= 11 is 0. The number of nitrogens with zero attached hydrogens (tertiary/aromatic N) is 4. The van der Waals surface area contributed by atoms with Crippen LogP contribution in [0.3, 0.4) is 0 Å². The highest BCUT2D eigenvalue weighted by atomic mass is 16.2. The van der Waals surface area contributed by atoms with Crippen molar-refractivity contribution in [1.82, 2.24) is 5.01 Å². The van der Waals surface area contributed by atoms with E-state index in [1.54, 1.807) is 5.01 Å². The van der Waals surface area contributed by atoms with Gasteiger partial charge in [-0.05, 0) is 62.1 Å². The fraction of sp³-hybridized carbons (Fsp3) is 0.333. The third-order valence-corrected chi connectivity index (χ3v) is 5.44. The van der Waals surface area contributed by atoms with Crippen LogP contribution >= 0.6 is 0 Å². The van der Waals surface area contributed by atoms with Crippen molar-refractivity contribution in [1.29, 1.82) is 0 Å². The number of benzene rings is 2. The summed E-state index contributed by atoms with van der Waals surface area (Å²) in [4.78, 5) is 27.2. The summed E-state index contributed by atoms with van der Waals surface area (Å²) in [5.74, 6) is -0.566. The maximum absolute atomic E-state index is 13.1. The van der Waals surface area contributed by atoms with Crippen molar-refractivity contribution in [2.75, 3.05) is 4.90 Å². The fourth-order valence-electron chi connectivity index (χ4n) is 3.62. The number of rotatable bonds is 3. The van der Waals surface area contributed by atoms with Gasteiger partial charge >= 0.3 is 0 Å². The zero-order valence-corrected chi connectivity index (χ0v) is 15.9. The average Bonchev–Trinajstić information content (AvgIpc) is 3.14. The van der Waals surface area contributed by atoms with Crippen molar-refractivity contribution in [2.24, 2.45) is 10.3 Å². The minimum atomic E-state index is -0.760. The molecule has 2 aliphatic heterocycles. The Morgan fingerprint density at radius 3 is 2.37 bits per heavy atom. The molecule has 27 heavy (non-hydrogen) atoms. The normalized spacial score (nSPS) is 21.3.